The Morgan fingerprint density at radius 3 is 2.20 bits per heavy atom. The van der Waals surface area contributed by atoms with Crippen molar-refractivity contribution >= 4 is 40.9 Å². The first-order valence-corrected chi connectivity index (χ1v) is 20.0. The zero-order chi connectivity index (χ0) is 38.6. The van der Waals surface area contributed by atoms with Gasteiger partial charge in [-0.3, -0.25) is 29.0 Å². The lowest BCUT2D eigenvalue weighted by atomic mass is 9.49. The smallest absolute Gasteiger partial charge is 0.246 e. The highest BCUT2D eigenvalue weighted by molar-refractivity contribution is 6.32. The predicted molar refractivity (Wildman–Crippen MR) is 212 cm³/mol. The molecule has 3 aliphatic heterocycles. The SMILES string of the molecule is O=C1C2CC3C(=CCC4C(=O)N(C5CCN(Cc6ccccc6)CC5)C(=O)C43)C(c3ccc(OCCO)cc3)C2(c2ccccc2)C(=O)N1c1cccc(Cl)c1. The number of halogens is 1. The van der Waals surface area contributed by atoms with Crippen LogP contribution in [0.25, 0.3) is 0 Å². The number of carbonyl (C=O) groups excluding carboxylic acids is 4. The standard InChI is InChI=1S/C46H44ClN3O6/c47-32-12-7-13-34(26-32)50-43(53)39-27-38-36(41(30-14-16-35(17-15-30)56-25-24-51)46(39,45(50)55)31-10-5-2-6-11-31)18-19-37-40(38)44(54)49(42(37)52)33-20-22-48(23-21-33)28-29-8-3-1-4-9-29/h1-18,26,33,37-41,51H,19-25,27-28H2. The average molecular weight is 770 g/mol. The molecular weight excluding hydrogens is 726 g/mol. The molecule has 6 atom stereocenters. The Morgan fingerprint density at radius 2 is 1.50 bits per heavy atom. The number of hydrogen-bond acceptors (Lipinski definition) is 7. The molecule has 0 spiro atoms. The molecule has 0 aromatic heterocycles. The molecule has 9 nitrogen and oxygen atoms in total. The van der Waals surface area contributed by atoms with Crippen molar-refractivity contribution in [3.63, 3.8) is 0 Å². The minimum absolute atomic E-state index is 0.118. The van der Waals surface area contributed by atoms with Gasteiger partial charge >= 0.3 is 0 Å². The molecule has 4 aromatic carbocycles. The lowest BCUT2D eigenvalue weighted by molar-refractivity contribution is -0.144. The molecule has 286 valence electrons. The molecule has 2 aliphatic carbocycles. The first kappa shape index (κ1) is 36.5. The topological polar surface area (TPSA) is 107 Å². The Balaban J connectivity index is 1.11. The molecular formula is C46H44ClN3O6. The quantitative estimate of drug-likeness (QED) is 0.152. The average Bonchev–Trinajstić information content (AvgIpc) is 3.62. The summed E-state index contributed by atoms with van der Waals surface area (Å²) in [5, 5.41) is 9.78. The van der Waals surface area contributed by atoms with Gasteiger partial charge in [-0.2, -0.15) is 0 Å². The summed E-state index contributed by atoms with van der Waals surface area (Å²) in [5.74, 6) is -3.42. The molecule has 3 saturated heterocycles. The van der Waals surface area contributed by atoms with Crippen LogP contribution < -0.4 is 9.64 Å². The van der Waals surface area contributed by atoms with E-state index in [1.54, 1.807) is 29.2 Å². The Morgan fingerprint density at radius 1 is 0.786 bits per heavy atom. The van der Waals surface area contributed by atoms with E-state index in [9.17, 15) is 14.7 Å². The summed E-state index contributed by atoms with van der Waals surface area (Å²) >= 11 is 6.45. The van der Waals surface area contributed by atoms with Crippen LogP contribution in [0.5, 0.6) is 5.75 Å². The molecule has 0 bridgehead atoms. The number of aliphatic hydroxyl groups is 1. The van der Waals surface area contributed by atoms with Crippen molar-refractivity contribution in [3.05, 3.63) is 143 Å². The highest BCUT2D eigenvalue weighted by Gasteiger charge is 2.70. The van der Waals surface area contributed by atoms with Crippen molar-refractivity contribution in [2.24, 2.45) is 23.7 Å². The molecule has 5 aliphatic rings. The van der Waals surface area contributed by atoms with Crippen LogP contribution in [0.4, 0.5) is 5.69 Å². The van der Waals surface area contributed by atoms with Crippen molar-refractivity contribution in [2.45, 2.75) is 49.6 Å². The minimum atomic E-state index is -1.35. The van der Waals surface area contributed by atoms with Gasteiger partial charge < -0.3 is 9.84 Å². The fourth-order valence-corrected chi connectivity index (χ4v) is 10.8. The van der Waals surface area contributed by atoms with Crippen molar-refractivity contribution in [1.29, 1.82) is 0 Å². The van der Waals surface area contributed by atoms with Crippen molar-refractivity contribution < 1.29 is 29.0 Å². The number of piperidine rings is 1. The molecule has 56 heavy (non-hydrogen) atoms. The molecule has 6 unspecified atom stereocenters. The lowest BCUT2D eigenvalue weighted by Gasteiger charge is -2.50. The third-order valence-electron chi connectivity index (χ3n) is 12.9. The van der Waals surface area contributed by atoms with Crippen LogP contribution in [0.1, 0.15) is 48.3 Å². The van der Waals surface area contributed by atoms with Crippen LogP contribution in [0.3, 0.4) is 0 Å². The number of carbonyl (C=O) groups is 4. The van der Waals surface area contributed by atoms with Gasteiger partial charge in [0.25, 0.3) is 0 Å². The highest BCUT2D eigenvalue weighted by Crippen LogP contribution is 2.64. The van der Waals surface area contributed by atoms with Crippen LogP contribution in [-0.2, 0) is 31.1 Å². The molecule has 4 amide bonds. The zero-order valence-corrected chi connectivity index (χ0v) is 31.8. The maximum atomic E-state index is 15.4. The van der Waals surface area contributed by atoms with Gasteiger partial charge in [0, 0.05) is 36.6 Å². The number of imide groups is 2. The van der Waals surface area contributed by atoms with E-state index in [0.29, 0.717) is 35.7 Å². The summed E-state index contributed by atoms with van der Waals surface area (Å²) in [6.07, 6.45) is 4.16. The summed E-state index contributed by atoms with van der Waals surface area (Å²) in [6, 6.07) is 34.0. The lowest BCUT2D eigenvalue weighted by Crippen LogP contribution is -2.53. The Labute approximate surface area is 331 Å². The molecule has 10 heteroatoms. The van der Waals surface area contributed by atoms with Gasteiger partial charge in [0.15, 0.2) is 0 Å². The highest BCUT2D eigenvalue weighted by atomic mass is 35.5. The van der Waals surface area contributed by atoms with E-state index >= 15 is 9.59 Å². The van der Waals surface area contributed by atoms with Gasteiger partial charge in [0.2, 0.25) is 23.6 Å². The van der Waals surface area contributed by atoms with E-state index in [1.165, 1.54) is 10.5 Å². The van der Waals surface area contributed by atoms with E-state index in [4.69, 9.17) is 16.3 Å². The van der Waals surface area contributed by atoms with E-state index in [-0.39, 0.29) is 49.3 Å². The number of ether oxygens (including phenoxy) is 1. The number of amides is 4. The summed E-state index contributed by atoms with van der Waals surface area (Å²) < 4.78 is 5.72. The van der Waals surface area contributed by atoms with Gasteiger partial charge in [-0.15, -0.1) is 0 Å². The second-order valence-corrected chi connectivity index (χ2v) is 16.2. The van der Waals surface area contributed by atoms with Crippen LogP contribution in [0.2, 0.25) is 5.02 Å². The van der Waals surface area contributed by atoms with Crippen molar-refractivity contribution in [1.82, 2.24) is 9.80 Å². The van der Waals surface area contributed by atoms with E-state index in [1.807, 2.05) is 72.8 Å². The summed E-state index contributed by atoms with van der Waals surface area (Å²) in [5.41, 5.74) is 2.74. The maximum Gasteiger partial charge on any atom is 0.246 e. The number of aliphatic hydroxyl groups excluding tert-OH is 1. The van der Waals surface area contributed by atoms with Crippen molar-refractivity contribution in [2.75, 3.05) is 31.2 Å². The van der Waals surface area contributed by atoms with Crippen LogP contribution in [0, 0.1) is 23.7 Å². The first-order chi connectivity index (χ1) is 27.3. The Kier molecular flexibility index (Phi) is 9.64. The minimum Gasteiger partial charge on any atom is -0.491 e. The van der Waals surface area contributed by atoms with E-state index in [2.05, 4.69) is 23.1 Å². The second-order valence-electron chi connectivity index (χ2n) is 15.8. The normalized spacial score (nSPS) is 27.9. The summed E-state index contributed by atoms with van der Waals surface area (Å²) in [4.78, 5) is 64.9. The Hall–Kier alpha value is -5.09. The maximum absolute atomic E-state index is 15.4. The van der Waals surface area contributed by atoms with Crippen LogP contribution in [-0.4, -0.2) is 70.9 Å². The first-order valence-electron chi connectivity index (χ1n) is 19.7. The monoisotopic (exact) mass is 769 g/mol. The van der Waals surface area contributed by atoms with E-state index in [0.717, 1.165) is 36.3 Å². The van der Waals surface area contributed by atoms with Gasteiger partial charge in [0.05, 0.1) is 35.5 Å². The van der Waals surface area contributed by atoms with Gasteiger partial charge in [-0.1, -0.05) is 102 Å². The number of fused-ring (bicyclic) bond motifs is 4. The van der Waals surface area contributed by atoms with Gasteiger partial charge in [0.1, 0.15) is 12.4 Å². The fourth-order valence-electron chi connectivity index (χ4n) is 10.6. The fraction of sp³-hybridized carbons (Fsp3) is 0.348. The molecule has 1 saturated carbocycles. The number of likely N-dealkylation sites (tertiary alicyclic amines) is 2. The molecule has 4 aromatic rings. The van der Waals surface area contributed by atoms with E-state index < -0.39 is 35.0 Å². The van der Waals surface area contributed by atoms with Crippen molar-refractivity contribution in [3.8, 4) is 5.75 Å². The zero-order valence-electron chi connectivity index (χ0n) is 31.0. The number of benzene rings is 4. The van der Waals surface area contributed by atoms with Gasteiger partial charge in [-0.25, -0.2) is 4.90 Å². The molecule has 3 heterocycles. The number of hydrogen-bond donors (Lipinski definition) is 1. The summed E-state index contributed by atoms with van der Waals surface area (Å²) in [6.45, 7) is 2.41. The number of allylic oxidation sites excluding steroid dienone is 2. The molecule has 4 fully saturated rings. The predicted octanol–water partition coefficient (Wildman–Crippen LogP) is 6.54. The number of rotatable bonds is 9. The number of nitrogens with zero attached hydrogens (tertiary/aromatic N) is 3. The number of anilines is 1. The van der Waals surface area contributed by atoms with Gasteiger partial charge in [-0.05, 0) is 78.6 Å². The molecule has 0 radical (unpaired) electrons. The largest absolute Gasteiger partial charge is 0.491 e. The summed E-state index contributed by atoms with van der Waals surface area (Å²) in [7, 11) is 0. The molecule has 9 rings (SSSR count). The second kappa shape index (κ2) is 14.8. The Bertz CT molecular complexity index is 2190. The molecule has 1 N–H and O–H groups in total. The van der Waals surface area contributed by atoms with Crippen LogP contribution in [0.15, 0.2) is 121 Å². The third-order valence-corrected chi connectivity index (χ3v) is 13.2. The van der Waals surface area contributed by atoms with Crippen LogP contribution >= 0.6 is 11.6 Å². The third kappa shape index (κ3) is 5.90.